The lowest BCUT2D eigenvalue weighted by atomic mass is 10.1. The Kier molecular flexibility index (Phi) is 5.75. The van der Waals surface area contributed by atoms with Gasteiger partial charge in [0.15, 0.2) is 5.82 Å². The van der Waals surface area contributed by atoms with Crippen molar-refractivity contribution in [2.45, 2.75) is 17.7 Å². The highest BCUT2D eigenvalue weighted by atomic mass is 32.2. The molecule has 4 rings (SSSR count). The Balaban J connectivity index is 1.66. The number of thioether (sulfide) groups is 1. The zero-order chi connectivity index (χ0) is 20.4. The molecule has 1 aliphatic heterocycles. The summed E-state index contributed by atoms with van der Waals surface area (Å²) in [5.41, 5.74) is 8.63. The fraction of sp³-hybridized carbons (Fsp3) is 0.190. The second-order valence-electron chi connectivity index (χ2n) is 6.80. The van der Waals surface area contributed by atoms with Crippen LogP contribution in [0.1, 0.15) is 18.4 Å². The van der Waals surface area contributed by atoms with Crippen LogP contribution in [0.3, 0.4) is 0 Å². The summed E-state index contributed by atoms with van der Waals surface area (Å²) in [6.07, 6.45) is 8.79. The predicted octanol–water partition coefficient (Wildman–Crippen LogP) is 4.41. The minimum atomic E-state index is -0.282. The van der Waals surface area contributed by atoms with E-state index in [2.05, 4.69) is 23.1 Å². The SMILES string of the molecule is CN(CC1=CCCC=C1)C1=N/C(=C(/N)Sc2ccc(F)cc2)N(N)c2sccc21. The number of rotatable bonds is 4. The average Bonchev–Trinajstić information content (AvgIpc) is 3.21. The Morgan fingerprint density at radius 1 is 1.28 bits per heavy atom. The van der Waals surface area contributed by atoms with Crippen molar-refractivity contribution in [1.29, 1.82) is 0 Å². The molecule has 0 saturated heterocycles. The number of amidine groups is 1. The number of hydrazine groups is 1. The van der Waals surface area contributed by atoms with Crippen LogP contribution in [0.2, 0.25) is 0 Å². The van der Waals surface area contributed by atoms with Gasteiger partial charge in [0.25, 0.3) is 0 Å². The summed E-state index contributed by atoms with van der Waals surface area (Å²) in [4.78, 5) is 7.76. The van der Waals surface area contributed by atoms with E-state index in [-0.39, 0.29) is 5.82 Å². The first-order chi connectivity index (χ1) is 14.0. The minimum Gasteiger partial charge on any atom is -0.390 e. The quantitative estimate of drug-likeness (QED) is 0.559. The number of benzene rings is 1. The smallest absolute Gasteiger partial charge is 0.180 e. The number of halogens is 1. The van der Waals surface area contributed by atoms with Crippen LogP contribution in [0.4, 0.5) is 9.39 Å². The van der Waals surface area contributed by atoms with E-state index in [0.29, 0.717) is 10.9 Å². The maximum absolute atomic E-state index is 13.2. The second kappa shape index (κ2) is 8.44. The molecule has 0 amide bonds. The van der Waals surface area contributed by atoms with Crippen molar-refractivity contribution < 1.29 is 4.39 Å². The van der Waals surface area contributed by atoms with Crippen molar-refractivity contribution in [1.82, 2.24) is 4.90 Å². The summed E-state index contributed by atoms with van der Waals surface area (Å²) in [5, 5.41) is 4.89. The first kappa shape index (κ1) is 19.8. The molecular formula is C21H22FN5S2. The Hall–Kier alpha value is -2.55. The van der Waals surface area contributed by atoms with E-state index in [4.69, 9.17) is 16.6 Å². The standard InChI is InChI=1S/C21H22FN5S2/c1-26(13-14-5-3-2-4-6-14)19-17-11-12-28-21(17)27(24)20(25-19)18(23)29-16-9-7-15(22)8-10-16/h3,5-12H,2,4,13,23-24H2,1H3/b20-18+. The molecule has 4 N–H and O–H groups in total. The maximum Gasteiger partial charge on any atom is 0.180 e. The first-order valence-corrected chi connectivity index (χ1v) is 10.9. The molecule has 150 valence electrons. The topological polar surface area (TPSA) is 70.9 Å². The third-order valence-corrected chi connectivity index (χ3v) is 6.48. The monoisotopic (exact) mass is 427 g/mol. The van der Waals surface area contributed by atoms with Crippen LogP contribution >= 0.6 is 23.1 Å². The van der Waals surface area contributed by atoms with Gasteiger partial charge in [0.2, 0.25) is 0 Å². The fourth-order valence-corrected chi connectivity index (χ4v) is 4.82. The number of nitrogens with zero attached hydrogens (tertiary/aromatic N) is 3. The number of anilines is 1. The highest BCUT2D eigenvalue weighted by molar-refractivity contribution is 8.03. The molecule has 0 unspecified atom stereocenters. The highest BCUT2D eigenvalue weighted by Crippen LogP contribution is 2.37. The van der Waals surface area contributed by atoms with Crippen LogP contribution in [0.25, 0.3) is 0 Å². The summed E-state index contributed by atoms with van der Waals surface area (Å²) in [5.74, 6) is 7.39. The second-order valence-corrected chi connectivity index (χ2v) is 8.81. The molecule has 0 spiro atoms. The van der Waals surface area contributed by atoms with Crippen molar-refractivity contribution in [2.75, 3.05) is 18.6 Å². The summed E-state index contributed by atoms with van der Waals surface area (Å²) in [6, 6.07) is 8.22. The molecule has 2 aliphatic rings. The number of hydrogen-bond donors (Lipinski definition) is 2. The molecule has 0 atom stereocenters. The maximum atomic E-state index is 13.2. The van der Waals surface area contributed by atoms with E-state index < -0.39 is 0 Å². The van der Waals surface area contributed by atoms with Crippen LogP contribution in [-0.2, 0) is 0 Å². The summed E-state index contributed by atoms with van der Waals surface area (Å²) in [7, 11) is 2.02. The molecule has 2 heterocycles. The summed E-state index contributed by atoms with van der Waals surface area (Å²) < 4.78 is 13.2. The van der Waals surface area contributed by atoms with Gasteiger partial charge in [-0.05, 0) is 54.1 Å². The van der Waals surface area contributed by atoms with E-state index in [9.17, 15) is 4.39 Å². The van der Waals surface area contributed by atoms with Gasteiger partial charge in [0.05, 0.1) is 5.56 Å². The number of aliphatic imine (C=N–C) groups is 1. The van der Waals surface area contributed by atoms with Crippen molar-refractivity contribution >= 4 is 33.9 Å². The van der Waals surface area contributed by atoms with Gasteiger partial charge in [-0.15, -0.1) is 11.3 Å². The summed E-state index contributed by atoms with van der Waals surface area (Å²) >= 11 is 2.86. The van der Waals surface area contributed by atoms with Gasteiger partial charge in [-0.1, -0.05) is 30.0 Å². The van der Waals surface area contributed by atoms with Gasteiger partial charge in [-0.3, -0.25) is 0 Å². The number of fused-ring (bicyclic) bond motifs is 1. The minimum absolute atomic E-state index is 0.282. The molecule has 0 bridgehead atoms. The van der Waals surface area contributed by atoms with E-state index >= 15 is 0 Å². The molecule has 1 aliphatic carbocycles. The number of allylic oxidation sites excluding steroid dienone is 2. The highest BCUT2D eigenvalue weighted by Gasteiger charge is 2.28. The fourth-order valence-electron chi connectivity index (χ4n) is 3.24. The Labute approximate surface area is 177 Å². The van der Waals surface area contributed by atoms with Crippen LogP contribution in [0.5, 0.6) is 0 Å². The van der Waals surface area contributed by atoms with Crippen LogP contribution in [0.15, 0.2) is 80.3 Å². The van der Waals surface area contributed by atoms with Crippen LogP contribution in [0, 0.1) is 5.82 Å². The molecule has 0 saturated carbocycles. The number of likely N-dealkylation sites (N-methyl/N-ethyl adjacent to an activating group) is 1. The van der Waals surface area contributed by atoms with Gasteiger partial charge in [0.1, 0.15) is 21.7 Å². The predicted molar refractivity (Wildman–Crippen MR) is 120 cm³/mol. The van der Waals surface area contributed by atoms with E-state index in [1.54, 1.807) is 23.5 Å². The Morgan fingerprint density at radius 2 is 2.07 bits per heavy atom. The number of thiophene rings is 1. The van der Waals surface area contributed by atoms with Gasteiger partial charge >= 0.3 is 0 Å². The first-order valence-electron chi connectivity index (χ1n) is 9.24. The average molecular weight is 428 g/mol. The van der Waals surface area contributed by atoms with E-state index in [1.165, 1.54) is 34.5 Å². The van der Waals surface area contributed by atoms with Gasteiger partial charge in [-0.25, -0.2) is 20.2 Å². The van der Waals surface area contributed by atoms with Gasteiger partial charge in [0, 0.05) is 18.5 Å². The lowest BCUT2D eigenvalue weighted by Gasteiger charge is -2.30. The number of hydrogen-bond acceptors (Lipinski definition) is 7. The van der Waals surface area contributed by atoms with Gasteiger partial charge < -0.3 is 10.6 Å². The van der Waals surface area contributed by atoms with Crippen LogP contribution in [-0.4, -0.2) is 24.3 Å². The van der Waals surface area contributed by atoms with Gasteiger partial charge in [-0.2, -0.15) is 0 Å². The van der Waals surface area contributed by atoms with Crippen molar-refractivity contribution in [3.05, 3.63) is 81.7 Å². The van der Waals surface area contributed by atoms with E-state index in [0.717, 1.165) is 40.7 Å². The Morgan fingerprint density at radius 3 is 2.79 bits per heavy atom. The molecule has 1 aromatic carbocycles. The lowest BCUT2D eigenvalue weighted by Crippen LogP contribution is -2.39. The van der Waals surface area contributed by atoms with Crippen LogP contribution < -0.4 is 16.6 Å². The van der Waals surface area contributed by atoms with E-state index in [1.807, 2.05) is 18.5 Å². The molecule has 5 nitrogen and oxygen atoms in total. The largest absolute Gasteiger partial charge is 0.390 e. The normalized spacial score (nSPS) is 17.6. The third kappa shape index (κ3) is 4.24. The molecule has 2 aromatic rings. The molecular weight excluding hydrogens is 405 g/mol. The van der Waals surface area contributed by atoms with Crippen molar-refractivity contribution in [3.8, 4) is 0 Å². The number of nitrogens with two attached hydrogens (primary N) is 2. The molecule has 0 radical (unpaired) electrons. The van der Waals surface area contributed by atoms with Crippen molar-refractivity contribution in [2.24, 2.45) is 16.6 Å². The third-order valence-electron chi connectivity index (χ3n) is 4.66. The molecule has 0 fully saturated rings. The molecule has 29 heavy (non-hydrogen) atoms. The van der Waals surface area contributed by atoms with Crippen molar-refractivity contribution in [3.63, 3.8) is 0 Å². The lowest BCUT2D eigenvalue weighted by molar-refractivity contribution is 0.550. The molecule has 1 aromatic heterocycles. The molecule has 8 heteroatoms. The Bertz CT molecular complexity index is 1020. The summed E-state index contributed by atoms with van der Waals surface area (Å²) in [6.45, 7) is 0.757. The zero-order valence-corrected chi connectivity index (χ0v) is 17.6. The zero-order valence-electron chi connectivity index (χ0n) is 16.0.